The summed E-state index contributed by atoms with van der Waals surface area (Å²) in [6, 6.07) is 10.8. The molecule has 0 unspecified atom stereocenters. The van der Waals surface area contributed by atoms with Crippen molar-refractivity contribution in [1.29, 1.82) is 0 Å². The molecule has 119 valence electrons. The normalized spacial score (nSPS) is 10.9. The van der Waals surface area contributed by atoms with Gasteiger partial charge in [0, 0.05) is 0 Å². The van der Waals surface area contributed by atoms with E-state index in [4.69, 9.17) is 0 Å². The molecule has 0 aliphatic heterocycles. The summed E-state index contributed by atoms with van der Waals surface area (Å²) in [5.41, 5.74) is 1.44. The Bertz CT molecular complexity index is 301. The van der Waals surface area contributed by atoms with E-state index >= 15 is 0 Å². The predicted molar refractivity (Wildman–Crippen MR) is 95.5 cm³/mol. The van der Waals surface area contributed by atoms with Crippen LogP contribution >= 0.6 is 0 Å². The van der Waals surface area contributed by atoms with Gasteiger partial charge in [-0.1, -0.05) is 108 Å². The van der Waals surface area contributed by atoms with Gasteiger partial charge >= 0.3 is 0 Å². The zero-order valence-electron chi connectivity index (χ0n) is 14.2. The Morgan fingerprint density at radius 2 is 1.19 bits per heavy atom. The van der Waals surface area contributed by atoms with Crippen molar-refractivity contribution in [2.75, 3.05) is 0 Å². The molecule has 1 rings (SSSR count). The second-order valence-corrected chi connectivity index (χ2v) is 6.30. The van der Waals surface area contributed by atoms with Gasteiger partial charge in [-0.3, -0.25) is 0 Å². The van der Waals surface area contributed by atoms with Gasteiger partial charge in [-0.15, -0.1) is 0 Å². The highest BCUT2D eigenvalue weighted by Gasteiger charge is 1.95. The molecule has 1 aromatic carbocycles. The average Bonchev–Trinajstić information content (AvgIpc) is 2.53. The molecule has 1 radical (unpaired) electrons. The minimum Gasteiger partial charge on any atom is -0.0654 e. The molecule has 0 aromatic heterocycles. The van der Waals surface area contributed by atoms with Gasteiger partial charge in [0.2, 0.25) is 0 Å². The third-order valence-corrected chi connectivity index (χ3v) is 4.23. The Kier molecular flexibility index (Phi) is 12.3. The fraction of sp³-hybridized carbons (Fsp3) is 0.667. The quantitative estimate of drug-likeness (QED) is 0.319. The predicted octanol–water partition coefficient (Wildman–Crippen LogP) is 7.13. The van der Waals surface area contributed by atoms with Crippen LogP contribution in [0.3, 0.4) is 0 Å². The molecule has 0 fully saturated rings. The van der Waals surface area contributed by atoms with Gasteiger partial charge in [0.15, 0.2) is 0 Å². The lowest BCUT2D eigenvalue weighted by Gasteiger charge is -2.03. The molecule has 0 saturated heterocycles. The van der Waals surface area contributed by atoms with Crippen LogP contribution in [-0.4, -0.2) is 0 Å². The van der Waals surface area contributed by atoms with Crippen molar-refractivity contribution in [3.05, 3.63) is 42.3 Å². The van der Waals surface area contributed by atoms with E-state index in [2.05, 4.69) is 43.7 Å². The lowest BCUT2D eigenvalue weighted by Crippen LogP contribution is -1.87. The van der Waals surface area contributed by atoms with E-state index in [0.29, 0.717) is 0 Å². The Hall–Kier alpha value is -0.780. The SMILES string of the molecule is CCCCCCCCCCCCC[CH]Cc1ccccc1. The van der Waals surface area contributed by atoms with Gasteiger partial charge in [-0.25, -0.2) is 0 Å². The average molecular weight is 288 g/mol. The monoisotopic (exact) mass is 287 g/mol. The first-order chi connectivity index (χ1) is 10.4. The van der Waals surface area contributed by atoms with Crippen LogP contribution in [0.4, 0.5) is 0 Å². The van der Waals surface area contributed by atoms with Crippen molar-refractivity contribution in [2.24, 2.45) is 0 Å². The van der Waals surface area contributed by atoms with Crippen molar-refractivity contribution >= 4 is 0 Å². The third kappa shape index (κ3) is 11.5. The standard InChI is InChI=1S/C21H35/c1-2-3-4-5-6-7-8-9-10-11-12-13-15-18-21-19-16-14-17-20-21/h14-17,19-20H,2-13,18H2,1H3. The summed E-state index contributed by atoms with van der Waals surface area (Å²) in [5.74, 6) is 0. The molecule has 0 N–H and O–H groups in total. The zero-order valence-corrected chi connectivity index (χ0v) is 14.2. The summed E-state index contributed by atoms with van der Waals surface area (Å²) in [7, 11) is 0. The molecule has 0 amide bonds. The molecule has 0 aliphatic carbocycles. The van der Waals surface area contributed by atoms with Crippen molar-refractivity contribution < 1.29 is 0 Å². The highest BCUT2D eigenvalue weighted by molar-refractivity contribution is 5.16. The summed E-state index contributed by atoms with van der Waals surface area (Å²) < 4.78 is 0. The molecular formula is C21H35. The number of unbranched alkanes of at least 4 members (excludes halogenated alkanes) is 12. The molecule has 0 heterocycles. The van der Waals surface area contributed by atoms with Crippen LogP contribution in [0.25, 0.3) is 0 Å². The first-order valence-corrected chi connectivity index (χ1v) is 9.29. The van der Waals surface area contributed by atoms with Gasteiger partial charge in [-0.2, -0.15) is 0 Å². The molecule has 0 bridgehead atoms. The van der Waals surface area contributed by atoms with Crippen LogP contribution in [0.15, 0.2) is 30.3 Å². The van der Waals surface area contributed by atoms with Crippen LogP contribution in [0.1, 0.15) is 89.5 Å². The summed E-state index contributed by atoms with van der Waals surface area (Å²) in [6.45, 7) is 2.29. The molecule has 0 spiro atoms. The number of hydrogen-bond donors (Lipinski definition) is 0. The lowest BCUT2D eigenvalue weighted by atomic mass is 10.0. The topological polar surface area (TPSA) is 0 Å². The fourth-order valence-electron chi connectivity index (χ4n) is 2.84. The number of benzene rings is 1. The van der Waals surface area contributed by atoms with E-state index < -0.39 is 0 Å². The molecule has 0 aliphatic rings. The Morgan fingerprint density at radius 3 is 1.76 bits per heavy atom. The fourth-order valence-corrected chi connectivity index (χ4v) is 2.84. The summed E-state index contributed by atoms with van der Waals surface area (Å²) in [5, 5.41) is 0. The Morgan fingerprint density at radius 1 is 0.667 bits per heavy atom. The first kappa shape index (κ1) is 18.3. The first-order valence-electron chi connectivity index (χ1n) is 9.29. The Balaban J connectivity index is 1.75. The van der Waals surface area contributed by atoms with Crippen LogP contribution in [0.2, 0.25) is 0 Å². The minimum atomic E-state index is 1.14. The molecule has 0 nitrogen and oxygen atoms in total. The smallest absolute Gasteiger partial charge is 0.0248 e. The van der Waals surface area contributed by atoms with Crippen LogP contribution < -0.4 is 0 Å². The van der Waals surface area contributed by atoms with Crippen LogP contribution in [0.5, 0.6) is 0 Å². The van der Waals surface area contributed by atoms with Gasteiger partial charge < -0.3 is 0 Å². The summed E-state index contributed by atoms with van der Waals surface area (Å²) in [6.07, 6.45) is 20.6. The second-order valence-electron chi connectivity index (χ2n) is 6.30. The zero-order chi connectivity index (χ0) is 15.0. The van der Waals surface area contributed by atoms with Crippen molar-refractivity contribution in [3.63, 3.8) is 0 Å². The molecule has 0 saturated carbocycles. The summed E-state index contributed by atoms with van der Waals surface area (Å²) >= 11 is 0. The molecule has 1 aromatic rings. The van der Waals surface area contributed by atoms with Gasteiger partial charge in [0.1, 0.15) is 0 Å². The van der Waals surface area contributed by atoms with Crippen molar-refractivity contribution in [1.82, 2.24) is 0 Å². The van der Waals surface area contributed by atoms with Crippen molar-refractivity contribution in [2.45, 2.75) is 90.4 Å². The maximum absolute atomic E-state index is 2.45. The molecule has 0 atom stereocenters. The Labute approximate surface area is 133 Å². The van der Waals surface area contributed by atoms with Gasteiger partial charge in [-0.05, 0) is 24.8 Å². The van der Waals surface area contributed by atoms with Crippen LogP contribution in [-0.2, 0) is 6.42 Å². The van der Waals surface area contributed by atoms with E-state index in [9.17, 15) is 0 Å². The highest BCUT2D eigenvalue weighted by Crippen LogP contribution is 2.13. The third-order valence-electron chi connectivity index (χ3n) is 4.23. The van der Waals surface area contributed by atoms with Gasteiger partial charge in [0.05, 0.1) is 0 Å². The van der Waals surface area contributed by atoms with E-state index in [0.717, 1.165) is 6.42 Å². The van der Waals surface area contributed by atoms with Crippen LogP contribution in [0, 0.1) is 6.42 Å². The minimum absolute atomic E-state index is 1.14. The van der Waals surface area contributed by atoms with E-state index in [1.165, 1.54) is 82.6 Å². The second kappa shape index (κ2) is 14.2. The van der Waals surface area contributed by atoms with Crippen molar-refractivity contribution in [3.8, 4) is 0 Å². The largest absolute Gasteiger partial charge is 0.0654 e. The lowest BCUT2D eigenvalue weighted by molar-refractivity contribution is 0.548. The van der Waals surface area contributed by atoms with E-state index in [1.54, 1.807) is 0 Å². The highest BCUT2D eigenvalue weighted by atomic mass is 14.0. The van der Waals surface area contributed by atoms with Gasteiger partial charge in [0.25, 0.3) is 0 Å². The van der Waals surface area contributed by atoms with E-state index in [-0.39, 0.29) is 0 Å². The molecule has 21 heavy (non-hydrogen) atoms. The molecular weight excluding hydrogens is 252 g/mol. The number of rotatable bonds is 14. The maximum Gasteiger partial charge on any atom is -0.0248 e. The molecule has 0 heteroatoms. The maximum atomic E-state index is 2.45. The number of hydrogen-bond acceptors (Lipinski definition) is 0. The summed E-state index contributed by atoms with van der Waals surface area (Å²) in [4.78, 5) is 0. The van der Waals surface area contributed by atoms with E-state index in [1.807, 2.05) is 0 Å².